The number of hydrogen-bond donors (Lipinski definition) is 2. The first-order valence-corrected chi connectivity index (χ1v) is 5.93. The van der Waals surface area contributed by atoms with E-state index >= 15 is 0 Å². The summed E-state index contributed by atoms with van der Waals surface area (Å²) in [5.74, 6) is 0.776. The van der Waals surface area contributed by atoms with E-state index in [0.717, 1.165) is 6.54 Å². The van der Waals surface area contributed by atoms with Gasteiger partial charge in [-0.1, -0.05) is 6.92 Å². The van der Waals surface area contributed by atoms with E-state index in [1.54, 1.807) is 0 Å². The molecule has 0 radical (unpaired) electrons. The lowest BCUT2D eigenvalue weighted by molar-refractivity contribution is -0.123. The highest BCUT2D eigenvalue weighted by molar-refractivity contribution is 5.77. The molecule has 0 bridgehead atoms. The summed E-state index contributed by atoms with van der Waals surface area (Å²) < 4.78 is 0. The summed E-state index contributed by atoms with van der Waals surface area (Å²) in [6.07, 6.45) is 3.08. The molecule has 0 spiro atoms. The van der Waals surface area contributed by atoms with Gasteiger partial charge in [0.05, 0.1) is 0 Å². The van der Waals surface area contributed by atoms with Crippen LogP contribution >= 0.6 is 0 Å². The van der Waals surface area contributed by atoms with Crippen LogP contribution in [0.3, 0.4) is 0 Å². The second-order valence-electron chi connectivity index (χ2n) is 5.68. The minimum atomic E-state index is -0.116. The van der Waals surface area contributed by atoms with Crippen LogP contribution in [0.5, 0.6) is 0 Å². The second-order valence-corrected chi connectivity index (χ2v) is 5.68. The van der Waals surface area contributed by atoms with Crippen LogP contribution < -0.4 is 10.6 Å². The van der Waals surface area contributed by atoms with E-state index in [9.17, 15) is 4.79 Å². The van der Waals surface area contributed by atoms with Crippen molar-refractivity contribution in [3.05, 3.63) is 0 Å². The van der Waals surface area contributed by atoms with Crippen molar-refractivity contribution in [2.45, 2.75) is 58.5 Å². The Hall–Kier alpha value is -0.570. The monoisotopic (exact) mass is 212 g/mol. The van der Waals surface area contributed by atoms with Crippen molar-refractivity contribution >= 4 is 5.91 Å². The van der Waals surface area contributed by atoms with Crippen molar-refractivity contribution in [3.63, 3.8) is 0 Å². The molecule has 1 fully saturated rings. The highest BCUT2D eigenvalue weighted by Crippen LogP contribution is 2.18. The highest BCUT2D eigenvalue weighted by Gasteiger charge is 2.24. The van der Waals surface area contributed by atoms with E-state index in [1.165, 1.54) is 12.8 Å². The molecule has 0 aromatic carbocycles. The third-order valence-corrected chi connectivity index (χ3v) is 2.85. The Morgan fingerprint density at radius 1 is 1.47 bits per heavy atom. The zero-order chi connectivity index (χ0) is 11.5. The number of hydrogen-bond acceptors (Lipinski definition) is 2. The molecule has 1 aliphatic heterocycles. The largest absolute Gasteiger partial charge is 0.351 e. The van der Waals surface area contributed by atoms with Crippen molar-refractivity contribution < 1.29 is 4.79 Å². The number of nitrogens with one attached hydrogen (secondary N) is 2. The molecular weight excluding hydrogens is 188 g/mol. The molecule has 2 atom stereocenters. The molecule has 1 amide bonds. The Labute approximate surface area is 93.0 Å². The van der Waals surface area contributed by atoms with Gasteiger partial charge in [0.15, 0.2) is 0 Å². The number of rotatable bonds is 2. The standard InChI is InChI=1S/C12H24N2O/c1-9-6-5-7-13-10(9)8-11(15)14-12(2,3)4/h9-10,13H,5-8H2,1-4H3,(H,14,15). The van der Waals surface area contributed by atoms with Crippen molar-refractivity contribution in [1.29, 1.82) is 0 Å². The van der Waals surface area contributed by atoms with Crippen LogP contribution in [0.4, 0.5) is 0 Å². The van der Waals surface area contributed by atoms with Gasteiger partial charge in [-0.05, 0) is 46.1 Å². The van der Waals surface area contributed by atoms with Crippen molar-refractivity contribution in [2.24, 2.45) is 5.92 Å². The first-order chi connectivity index (χ1) is 6.88. The summed E-state index contributed by atoms with van der Waals surface area (Å²) in [7, 11) is 0. The lowest BCUT2D eigenvalue weighted by atomic mass is 9.90. The van der Waals surface area contributed by atoms with E-state index in [4.69, 9.17) is 0 Å². The predicted molar refractivity (Wildman–Crippen MR) is 62.7 cm³/mol. The molecule has 0 saturated carbocycles. The summed E-state index contributed by atoms with van der Waals surface area (Å²) in [4.78, 5) is 11.7. The van der Waals surface area contributed by atoms with Crippen LogP contribution in [-0.4, -0.2) is 24.0 Å². The van der Waals surface area contributed by atoms with E-state index in [0.29, 0.717) is 18.4 Å². The van der Waals surface area contributed by atoms with Gasteiger partial charge in [0.25, 0.3) is 0 Å². The Bertz CT molecular complexity index is 220. The van der Waals surface area contributed by atoms with Crippen molar-refractivity contribution in [2.75, 3.05) is 6.54 Å². The minimum Gasteiger partial charge on any atom is -0.351 e. The molecule has 15 heavy (non-hydrogen) atoms. The van der Waals surface area contributed by atoms with Gasteiger partial charge in [-0.3, -0.25) is 4.79 Å². The van der Waals surface area contributed by atoms with Crippen LogP contribution in [0.15, 0.2) is 0 Å². The molecule has 2 N–H and O–H groups in total. The maximum atomic E-state index is 11.7. The molecule has 0 aromatic rings. The minimum absolute atomic E-state index is 0.116. The lowest BCUT2D eigenvalue weighted by Crippen LogP contribution is -2.47. The van der Waals surface area contributed by atoms with Crippen LogP contribution in [0.1, 0.15) is 47.0 Å². The summed E-state index contributed by atoms with van der Waals surface area (Å²) in [5, 5.41) is 6.43. The molecule has 88 valence electrons. The first-order valence-electron chi connectivity index (χ1n) is 5.93. The summed E-state index contributed by atoms with van der Waals surface area (Å²) in [6.45, 7) is 9.33. The van der Waals surface area contributed by atoms with E-state index in [1.807, 2.05) is 20.8 Å². The molecule has 1 aliphatic rings. The quantitative estimate of drug-likeness (QED) is 0.731. The fraction of sp³-hybridized carbons (Fsp3) is 0.917. The van der Waals surface area contributed by atoms with Gasteiger partial charge in [0.1, 0.15) is 0 Å². The van der Waals surface area contributed by atoms with E-state index < -0.39 is 0 Å². The maximum Gasteiger partial charge on any atom is 0.221 e. The average Bonchev–Trinajstić information content (AvgIpc) is 2.05. The molecule has 0 aliphatic carbocycles. The predicted octanol–water partition coefficient (Wildman–Crippen LogP) is 1.68. The molecule has 2 unspecified atom stereocenters. The molecule has 3 heteroatoms. The van der Waals surface area contributed by atoms with Crippen LogP contribution in [-0.2, 0) is 4.79 Å². The van der Waals surface area contributed by atoms with Gasteiger partial charge < -0.3 is 10.6 Å². The molecule has 1 rings (SSSR count). The first kappa shape index (κ1) is 12.5. The van der Waals surface area contributed by atoms with Gasteiger partial charge in [-0.15, -0.1) is 0 Å². The molecule has 3 nitrogen and oxygen atoms in total. The zero-order valence-corrected chi connectivity index (χ0v) is 10.4. The average molecular weight is 212 g/mol. The van der Waals surface area contributed by atoms with Crippen molar-refractivity contribution in [3.8, 4) is 0 Å². The number of carbonyl (C=O) groups excluding carboxylic acids is 1. The van der Waals surface area contributed by atoms with Crippen LogP contribution in [0.25, 0.3) is 0 Å². The normalized spacial score (nSPS) is 27.5. The van der Waals surface area contributed by atoms with E-state index in [2.05, 4.69) is 17.6 Å². The fourth-order valence-electron chi connectivity index (χ4n) is 2.06. The molecule has 0 aromatic heterocycles. The van der Waals surface area contributed by atoms with Gasteiger partial charge >= 0.3 is 0 Å². The van der Waals surface area contributed by atoms with Gasteiger partial charge in [0.2, 0.25) is 5.91 Å². The number of carbonyl (C=O) groups is 1. The number of piperidine rings is 1. The Morgan fingerprint density at radius 3 is 2.67 bits per heavy atom. The topological polar surface area (TPSA) is 41.1 Å². The fourth-order valence-corrected chi connectivity index (χ4v) is 2.06. The summed E-state index contributed by atoms with van der Waals surface area (Å²) >= 11 is 0. The lowest BCUT2D eigenvalue weighted by Gasteiger charge is -2.30. The van der Waals surface area contributed by atoms with Gasteiger partial charge in [-0.2, -0.15) is 0 Å². The molecule has 1 heterocycles. The maximum absolute atomic E-state index is 11.7. The van der Waals surface area contributed by atoms with E-state index in [-0.39, 0.29) is 11.4 Å². The molecular formula is C12H24N2O. The Kier molecular flexibility index (Phi) is 4.14. The van der Waals surface area contributed by atoms with Gasteiger partial charge in [0, 0.05) is 18.0 Å². The SMILES string of the molecule is CC1CCCNC1CC(=O)NC(C)(C)C. The summed E-state index contributed by atoms with van der Waals surface area (Å²) in [6, 6.07) is 0.362. The molecule has 1 saturated heterocycles. The third-order valence-electron chi connectivity index (χ3n) is 2.85. The summed E-state index contributed by atoms with van der Waals surface area (Å²) in [5.41, 5.74) is -0.116. The Morgan fingerprint density at radius 2 is 2.13 bits per heavy atom. The van der Waals surface area contributed by atoms with Crippen LogP contribution in [0, 0.1) is 5.92 Å². The Balaban J connectivity index is 2.36. The second kappa shape index (κ2) is 4.97. The third kappa shape index (κ3) is 4.65. The van der Waals surface area contributed by atoms with Crippen molar-refractivity contribution in [1.82, 2.24) is 10.6 Å². The zero-order valence-electron chi connectivity index (χ0n) is 10.4. The highest BCUT2D eigenvalue weighted by atomic mass is 16.1. The van der Waals surface area contributed by atoms with Crippen LogP contribution in [0.2, 0.25) is 0 Å². The number of amides is 1. The smallest absolute Gasteiger partial charge is 0.221 e. The van der Waals surface area contributed by atoms with Gasteiger partial charge in [-0.25, -0.2) is 0 Å².